The molecule has 0 radical (unpaired) electrons. The molecule has 0 bridgehead atoms. The smallest absolute Gasteiger partial charge is 0.261 e. The third-order valence-corrected chi connectivity index (χ3v) is 11.6. The molecule has 28 heavy (non-hydrogen) atoms. The van der Waals surface area contributed by atoms with E-state index in [1.165, 1.54) is 35.2 Å². The van der Waals surface area contributed by atoms with Gasteiger partial charge >= 0.3 is 0 Å². The van der Waals surface area contributed by atoms with Gasteiger partial charge in [-0.15, -0.1) is 0 Å². The van der Waals surface area contributed by atoms with Crippen molar-refractivity contribution in [2.24, 2.45) is 0 Å². The van der Waals surface area contributed by atoms with Gasteiger partial charge in [-0.3, -0.25) is 4.90 Å². The minimum atomic E-state index is -2.43. The van der Waals surface area contributed by atoms with Gasteiger partial charge in [-0.25, -0.2) is 0 Å². The molecule has 2 fully saturated rings. The molecule has 0 saturated carbocycles. The van der Waals surface area contributed by atoms with Gasteiger partial charge in [0.1, 0.15) is 0 Å². The number of benzene rings is 2. The highest BCUT2D eigenvalue weighted by atomic mass is 28.4. The van der Waals surface area contributed by atoms with Crippen LogP contribution < -0.4 is 10.4 Å². The summed E-state index contributed by atoms with van der Waals surface area (Å²) in [6.07, 6.45) is 3.71. The van der Waals surface area contributed by atoms with Gasteiger partial charge in [0.15, 0.2) is 0 Å². The first kappa shape index (κ1) is 19.6. The third kappa shape index (κ3) is 3.40. The SMILES string of the molecule is C=C1C[C@@H]2CC[C@@H](CO[Si](c3ccccc3)(c3ccccc3)C(C)(C)C)N2C1. The van der Waals surface area contributed by atoms with Crippen molar-refractivity contribution in [1.29, 1.82) is 0 Å². The lowest BCUT2D eigenvalue weighted by Gasteiger charge is -2.44. The summed E-state index contributed by atoms with van der Waals surface area (Å²) in [4.78, 5) is 2.65. The van der Waals surface area contributed by atoms with E-state index in [9.17, 15) is 0 Å². The minimum absolute atomic E-state index is 0.0440. The Bertz CT molecular complexity index is 772. The van der Waals surface area contributed by atoms with Crippen LogP contribution >= 0.6 is 0 Å². The molecule has 2 heterocycles. The monoisotopic (exact) mass is 391 g/mol. The maximum Gasteiger partial charge on any atom is 0.261 e. The molecule has 0 unspecified atom stereocenters. The van der Waals surface area contributed by atoms with E-state index in [1.54, 1.807) is 0 Å². The van der Waals surface area contributed by atoms with Crippen LogP contribution in [0, 0.1) is 0 Å². The van der Waals surface area contributed by atoms with Crippen molar-refractivity contribution in [3.63, 3.8) is 0 Å². The Morgan fingerprint density at radius 2 is 1.54 bits per heavy atom. The lowest BCUT2D eigenvalue weighted by Crippen LogP contribution is -2.67. The van der Waals surface area contributed by atoms with Gasteiger partial charge in [0.2, 0.25) is 0 Å². The van der Waals surface area contributed by atoms with E-state index in [1.807, 2.05) is 0 Å². The van der Waals surface area contributed by atoms with Crippen molar-refractivity contribution < 1.29 is 4.43 Å². The molecular formula is C25H33NOSi. The standard InChI is InChI=1S/C25H33NOSi/c1-20-17-21-15-16-22(26(21)18-20)19-27-28(25(2,3)4,23-11-7-5-8-12-23)24-13-9-6-10-14-24/h5-14,21-22H,1,15-19H2,2-4H3/t21-,22-/m0/s1. The molecule has 4 rings (SSSR count). The average molecular weight is 392 g/mol. The highest BCUT2D eigenvalue weighted by Gasteiger charge is 2.51. The second kappa shape index (κ2) is 7.62. The molecule has 148 valence electrons. The fourth-order valence-electron chi connectivity index (χ4n) is 5.31. The van der Waals surface area contributed by atoms with Gasteiger partial charge in [-0.2, -0.15) is 0 Å². The number of hydrogen-bond donors (Lipinski definition) is 0. The van der Waals surface area contributed by atoms with Crippen LogP contribution in [-0.2, 0) is 4.43 Å². The molecule has 2 nitrogen and oxygen atoms in total. The molecule has 2 aliphatic rings. The number of fused-ring (bicyclic) bond motifs is 1. The zero-order valence-electron chi connectivity index (χ0n) is 17.5. The second-order valence-corrected chi connectivity index (χ2v) is 13.8. The van der Waals surface area contributed by atoms with Crippen LogP contribution in [0.25, 0.3) is 0 Å². The molecule has 2 aromatic rings. The first-order valence-corrected chi connectivity index (χ1v) is 12.5. The fourth-order valence-corrected chi connectivity index (χ4v) is 9.91. The Morgan fingerprint density at radius 3 is 2.07 bits per heavy atom. The summed E-state index contributed by atoms with van der Waals surface area (Å²) in [5.74, 6) is 0. The highest BCUT2D eigenvalue weighted by Crippen LogP contribution is 2.39. The summed E-state index contributed by atoms with van der Waals surface area (Å²) in [5.41, 5.74) is 1.39. The first-order valence-electron chi connectivity index (χ1n) is 10.6. The van der Waals surface area contributed by atoms with Crippen molar-refractivity contribution in [2.45, 2.75) is 57.2 Å². The molecule has 2 aliphatic heterocycles. The van der Waals surface area contributed by atoms with Crippen LogP contribution in [0.15, 0.2) is 72.8 Å². The maximum absolute atomic E-state index is 7.16. The Hall–Kier alpha value is -1.68. The van der Waals surface area contributed by atoms with Crippen LogP contribution in [0.3, 0.4) is 0 Å². The topological polar surface area (TPSA) is 12.5 Å². The number of rotatable bonds is 5. The quantitative estimate of drug-likeness (QED) is 0.555. The van der Waals surface area contributed by atoms with Crippen LogP contribution in [0.2, 0.25) is 5.04 Å². The van der Waals surface area contributed by atoms with Gasteiger partial charge in [-0.05, 0) is 34.7 Å². The zero-order chi connectivity index (χ0) is 19.8. The van der Waals surface area contributed by atoms with E-state index in [-0.39, 0.29) is 5.04 Å². The zero-order valence-corrected chi connectivity index (χ0v) is 18.5. The number of hydrogen-bond acceptors (Lipinski definition) is 2. The third-order valence-electron chi connectivity index (χ3n) is 6.61. The normalized spacial score (nSPS) is 23.2. The molecule has 0 spiro atoms. The summed E-state index contributed by atoms with van der Waals surface area (Å²) in [7, 11) is -2.43. The Kier molecular flexibility index (Phi) is 5.34. The number of nitrogens with zero attached hydrogens (tertiary/aromatic N) is 1. The summed E-state index contributed by atoms with van der Waals surface area (Å²) >= 11 is 0. The van der Waals surface area contributed by atoms with Crippen molar-refractivity contribution in [3.8, 4) is 0 Å². The van der Waals surface area contributed by atoms with Crippen molar-refractivity contribution in [3.05, 3.63) is 72.8 Å². The van der Waals surface area contributed by atoms with E-state index in [2.05, 4.69) is 92.9 Å². The summed E-state index contributed by atoms with van der Waals surface area (Å²) in [6.45, 7) is 13.2. The minimum Gasteiger partial charge on any atom is -0.406 e. The fraction of sp³-hybridized carbons (Fsp3) is 0.440. The molecule has 2 aromatic carbocycles. The van der Waals surface area contributed by atoms with E-state index < -0.39 is 8.32 Å². The van der Waals surface area contributed by atoms with Gasteiger partial charge in [-0.1, -0.05) is 93.6 Å². The van der Waals surface area contributed by atoms with Crippen molar-refractivity contribution >= 4 is 18.7 Å². The largest absolute Gasteiger partial charge is 0.406 e. The summed E-state index contributed by atoms with van der Waals surface area (Å²) < 4.78 is 7.16. The Balaban J connectivity index is 1.70. The van der Waals surface area contributed by atoms with Crippen molar-refractivity contribution in [1.82, 2.24) is 4.90 Å². The molecule has 3 heteroatoms. The van der Waals surface area contributed by atoms with Crippen LogP contribution in [0.1, 0.15) is 40.0 Å². The summed E-state index contributed by atoms with van der Waals surface area (Å²) in [5, 5.41) is 2.78. The molecular weight excluding hydrogens is 358 g/mol. The first-order chi connectivity index (χ1) is 13.4. The van der Waals surface area contributed by atoms with Crippen LogP contribution in [-0.4, -0.2) is 38.5 Å². The lowest BCUT2D eigenvalue weighted by atomic mass is 10.1. The van der Waals surface area contributed by atoms with E-state index in [0.717, 1.165) is 13.2 Å². The van der Waals surface area contributed by atoms with Crippen LogP contribution in [0.5, 0.6) is 0 Å². The van der Waals surface area contributed by atoms with E-state index >= 15 is 0 Å². The van der Waals surface area contributed by atoms with E-state index in [4.69, 9.17) is 4.43 Å². The lowest BCUT2D eigenvalue weighted by molar-refractivity contribution is 0.164. The van der Waals surface area contributed by atoms with Crippen LogP contribution in [0.4, 0.5) is 0 Å². The van der Waals surface area contributed by atoms with Gasteiger partial charge in [0, 0.05) is 18.6 Å². The molecule has 0 amide bonds. The van der Waals surface area contributed by atoms with Crippen molar-refractivity contribution in [2.75, 3.05) is 13.2 Å². The molecule has 2 saturated heterocycles. The van der Waals surface area contributed by atoms with E-state index in [0.29, 0.717) is 12.1 Å². The Morgan fingerprint density at radius 1 is 0.964 bits per heavy atom. The van der Waals surface area contributed by atoms with Gasteiger partial charge in [0.25, 0.3) is 8.32 Å². The molecule has 0 aliphatic carbocycles. The molecule has 0 N–H and O–H groups in total. The maximum atomic E-state index is 7.16. The molecule has 2 atom stereocenters. The van der Waals surface area contributed by atoms with Gasteiger partial charge < -0.3 is 4.43 Å². The predicted octanol–water partition coefficient (Wildman–Crippen LogP) is 4.36. The average Bonchev–Trinajstić information content (AvgIpc) is 3.22. The second-order valence-electron chi connectivity index (χ2n) is 9.49. The van der Waals surface area contributed by atoms with Gasteiger partial charge in [0.05, 0.1) is 6.61 Å². The summed E-state index contributed by atoms with van der Waals surface area (Å²) in [6, 6.07) is 23.2. The highest BCUT2D eigenvalue weighted by molar-refractivity contribution is 6.99. The molecule has 0 aromatic heterocycles. The predicted molar refractivity (Wildman–Crippen MR) is 121 cm³/mol. The Labute approximate surface area is 171 Å².